The van der Waals surface area contributed by atoms with Crippen LogP contribution in [0.15, 0.2) is 48.5 Å². The van der Waals surface area contributed by atoms with Crippen molar-refractivity contribution in [3.05, 3.63) is 59.7 Å². The Morgan fingerprint density at radius 1 is 1.11 bits per heavy atom. The van der Waals surface area contributed by atoms with Crippen LogP contribution in [0.2, 0.25) is 0 Å². The molecule has 7 heteroatoms. The van der Waals surface area contributed by atoms with Crippen molar-refractivity contribution < 1.29 is 14.3 Å². The van der Waals surface area contributed by atoms with Crippen LogP contribution < -0.4 is 9.64 Å². The molecule has 0 spiro atoms. The van der Waals surface area contributed by atoms with E-state index in [0.717, 1.165) is 16.1 Å². The molecule has 0 aliphatic carbocycles. The quantitative estimate of drug-likeness (QED) is 0.570. The van der Waals surface area contributed by atoms with E-state index in [2.05, 4.69) is 10.2 Å². The van der Waals surface area contributed by atoms with Crippen LogP contribution >= 0.6 is 11.3 Å². The third-order valence-corrected chi connectivity index (χ3v) is 5.18. The Bertz CT molecular complexity index is 942. The minimum absolute atomic E-state index is 0.186. The Kier molecular flexibility index (Phi) is 6.73. The van der Waals surface area contributed by atoms with E-state index in [0.29, 0.717) is 36.2 Å². The van der Waals surface area contributed by atoms with Gasteiger partial charge < -0.3 is 9.47 Å². The summed E-state index contributed by atoms with van der Waals surface area (Å²) in [6.07, 6.45) is 0. The van der Waals surface area contributed by atoms with Gasteiger partial charge in [-0.2, -0.15) is 0 Å². The van der Waals surface area contributed by atoms with E-state index < -0.39 is 0 Å². The Morgan fingerprint density at radius 2 is 1.86 bits per heavy atom. The van der Waals surface area contributed by atoms with Gasteiger partial charge in [0.2, 0.25) is 5.13 Å². The highest BCUT2D eigenvalue weighted by Gasteiger charge is 2.24. The molecule has 6 nitrogen and oxygen atoms in total. The van der Waals surface area contributed by atoms with Crippen LogP contribution in [0.5, 0.6) is 5.75 Å². The molecule has 0 N–H and O–H groups in total. The molecule has 0 unspecified atom stereocenters. The SMILES string of the molecule is CCOc1ccccc1C(=O)N(CCOC)c1nnc(-c2ccccc2C)s1. The van der Waals surface area contributed by atoms with E-state index in [1.807, 2.05) is 50.2 Å². The molecule has 1 heterocycles. The maximum absolute atomic E-state index is 13.3. The number of rotatable bonds is 8. The average molecular weight is 398 g/mol. The van der Waals surface area contributed by atoms with Gasteiger partial charge in [0.25, 0.3) is 5.91 Å². The Hall–Kier alpha value is -2.77. The number of para-hydroxylation sites is 1. The van der Waals surface area contributed by atoms with Gasteiger partial charge in [-0.1, -0.05) is 47.7 Å². The topological polar surface area (TPSA) is 64.5 Å². The molecule has 0 aliphatic heterocycles. The lowest BCUT2D eigenvalue weighted by Crippen LogP contribution is -2.34. The normalized spacial score (nSPS) is 10.7. The number of anilines is 1. The maximum Gasteiger partial charge on any atom is 0.263 e. The number of ether oxygens (including phenoxy) is 2. The van der Waals surface area contributed by atoms with Crippen LogP contribution in [0.25, 0.3) is 10.6 Å². The van der Waals surface area contributed by atoms with Crippen molar-refractivity contribution in [3.8, 4) is 16.3 Å². The number of carbonyl (C=O) groups is 1. The molecule has 1 aromatic heterocycles. The van der Waals surface area contributed by atoms with Crippen molar-refractivity contribution in [2.24, 2.45) is 0 Å². The van der Waals surface area contributed by atoms with Crippen molar-refractivity contribution in [2.75, 3.05) is 31.8 Å². The number of aromatic nitrogens is 2. The smallest absolute Gasteiger partial charge is 0.263 e. The molecule has 3 aromatic rings. The number of methoxy groups -OCH3 is 1. The summed E-state index contributed by atoms with van der Waals surface area (Å²) in [5.74, 6) is 0.370. The van der Waals surface area contributed by atoms with Crippen molar-refractivity contribution in [1.82, 2.24) is 10.2 Å². The molecule has 146 valence electrons. The second kappa shape index (κ2) is 9.43. The number of carbonyl (C=O) groups excluding carboxylic acids is 1. The van der Waals surface area contributed by atoms with Crippen molar-refractivity contribution in [2.45, 2.75) is 13.8 Å². The fourth-order valence-electron chi connectivity index (χ4n) is 2.78. The van der Waals surface area contributed by atoms with Gasteiger partial charge in [0.1, 0.15) is 10.8 Å². The first kappa shape index (κ1) is 20.0. The molecule has 28 heavy (non-hydrogen) atoms. The Balaban J connectivity index is 1.95. The molecule has 3 rings (SSSR count). The molecular formula is C21H23N3O3S. The summed E-state index contributed by atoms with van der Waals surface area (Å²) in [6.45, 7) is 5.17. The van der Waals surface area contributed by atoms with Crippen molar-refractivity contribution in [3.63, 3.8) is 0 Å². The van der Waals surface area contributed by atoms with Crippen molar-refractivity contribution in [1.29, 1.82) is 0 Å². The molecule has 0 radical (unpaired) electrons. The highest BCUT2D eigenvalue weighted by molar-refractivity contribution is 7.18. The second-order valence-corrected chi connectivity index (χ2v) is 7.04. The average Bonchev–Trinajstić information content (AvgIpc) is 3.19. The summed E-state index contributed by atoms with van der Waals surface area (Å²) >= 11 is 1.39. The molecular weight excluding hydrogens is 374 g/mol. The Morgan fingerprint density at radius 3 is 2.61 bits per heavy atom. The zero-order valence-corrected chi connectivity index (χ0v) is 17.0. The van der Waals surface area contributed by atoms with Crippen molar-refractivity contribution >= 4 is 22.4 Å². The summed E-state index contributed by atoms with van der Waals surface area (Å²) in [7, 11) is 1.61. The third-order valence-electron chi connectivity index (χ3n) is 4.20. The van der Waals surface area contributed by atoms with E-state index in [4.69, 9.17) is 9.47 Å². The molecule has 0 fully saturated rings. The van der Waals surface area contributed by atoms with Gasteiger partial charge >= 0.3 is 0 Å². The summed E-state index contributed by atoms with van der Waals surface area (Å²) in [6, 6.07) is 15.2. The van der Waals surface area contributed by atoms with E-state index >= 15 is 0 Å². The number of benzene rings is 2. The first-order chi connectivity index (χ1) is 13.7. The van der Waals surface area contributed by atoms with Gasteiger partial charge in [-0.3, -0.25) is 9.69 Å². The lowest BCUT2D eigenvalue weighted by atomic mass is 10.1. The lowest BCUT2D eigenvalue weighted by Gasteiger charge is -2.20. The van der Waals surface area contributed by atoms with Crippen LogP contribution in [0.4, 0.5) is 5.13 Å². The Labute approximate surface area is 168 Å². The zero-order valence-electron chi connectivity index (χ0n) is 16.2. The maximum atomic E-state index is 13.3. The van der Waals surface area contributed by atoms with Crippen LogP contribution in [0.3, 0.4) is 0 Å². The van der Waals surface area contributed by atoms with Crippen LogP contribution in [0, 0.1) is 6.92 Å². The predicted molar refractivity (Wildman–Crippen MR) is 111 cm³/mol. The molecule has 0 saturated heterocycles. The van der Waals surface area contributed by atoms with Crippen LogP contribution in [-0.4, -0.2) is 43.0 Å². The van der Waals surface area contributed by atoms with E-state index in [9.17, 15) is 4.79 Å². The highest BCUT2D eigenvalue weighted by atomic mass is 32.1. The summed E-state index contributed by atoms with van der Waals surface area (Å²) in [5.41, 5.74) is 2.62. The summed E-state index contributed by atoms with van der Waals surface area (Å²) in [5, 5.41) is 9.91. The van der Waals surface area contributed by atoms with Gasteiger partial charge in [0.05, 0.1) is 25.3 Å². The number of hydrogen-bond acceptors (Lipinski definition) is 6. The standard InChI is InChI=1S/C21H23N3O3S/c1-4-27-18-12-8-7-11-17(18)20(25)24(13-14-26-3)21-23-22-19(28-21)16-10-6-5-9-15(16)2/h5-12H,4,13-14H2,1-3H3. The first-order valence-electron chi connectivity index (χ1n) is 9.07. The van der Waals surface area contributed by atoms with Crippen LogP contribution in [0.1, 0.15) is 22.8 Å². The molecule has 0 atom stereocenters. The zero-order chi connectivity index (χ0) is 19.9. The van der Waals surface area contributed by atoms with Crippen LogP contribution in [-0.2, 0) is 4.74 Å². The van der Waals surface area contributed by atoms with Gasteiger partial charge in [-0.25, -0.2) is 0 Å². The van der Waals surface area contributed by atoms with Gasteiger partial charge in [0, 0.05) is 12.7 Å². The molecule has 2 aromatic carbocycles. The number of hydrogen-bond donors (Lipinski definition) is 0. The minimum atomic E-state index is -0.186. The van der Waals surface area contributed by atoms with Gasteiger partial charge in [0.15, 0.2) is 0 Å². The molecule has 1 amide bonds. The van der Waals surface area contributed by atoms with Gasteiger partial charge in [-0.05, 0) is 31.5 Å². The van der Waals surface area contributed by atoms with E-state index in [1.54, 1.807) is 24.1 Å². The molecule has 0 saturated carbocycles. The van der Waals surface area contributed by atoms with Gasteiger partial charge in [-0.15, -0.1) is 10.2 Å². The summed E-state index contributed by atoms with van der Waals surface area (Å²) in [4.78, 5) is 14.9. The third kappa shape index (κ3) is 4.37. The minimum Gasteiger partial charge on any atom is -0.493 e. The number of amides is 1. The largest absolute Gasteiger partial charge is 0.493 e. The highest BCUT2D eigenvalue weighted by Crippen LogP contribution is 2.32. The molecule has 0 aliphatic rings. The summed E-state index contributed by atoms with van der Waals surface area (Å²) < 4.78 is 10.8. The fraction of sp³-hybridized carbons (Fsp3) is 0.286. The lowest BCUT2D eigenvalue weighted by molar-refractivity contribution is 0.0972. The molecule has 0 bridgehead atoms. The van der Waals surface area contributed by atoms with E-state index in [1.165, 1.54) is 11.3 Å². The van der Waals surface area contributed by atoms with E-state index in [-0.39, 0.29) is 5.91 Å². The number of aryl methyl sites for hydroxylation is 1. The second-order valence-electron chi connectivity index (χ2n) is 6.08. The first-order valence-corrected chi connectivity index (χ1v) is 9.89. The fourth-order valence-corrected chi connectivity index (χ4v) is 3.74. The predicted octanol–water partition coefficient (Wildman–Crippen LogP) is 4.21. The monoisotopic (exact) mass is 397 g/mol. The number of nitrogens with zero attached hydrogens (tertiary/aromatic N) is 3.